The van der Waals surface area contributed by atoms with Crippen LogP contribution >= 0.6 is 0 Å². The maximum absolute atomic E-state index is 12.9. The maximum atomic E-state index is 12.9. The monoisotopic (exact) mass is 420 g/mol. The summed E-state index contributed by atoms with van der Waals surface area (Å²) in [5.41, 5.74) is 1.33. The van der Waals surface area contributed by atoms with E-state index in [1.807, 2.05) is 24.3 Å². The third-order valence-electron chi connectivity index (χ3n) is 4.61. The fraction of sp³-hybridized carbons (Fsp3) is 0.381. The lowest BCUT2D eigenvalue weighted by Crippen LogP contribution is -2.31. The van der Waals surface area contributed by atoms with Crippen molar-refractivity contribution in [1.82, 2.24) is 9.62 Å². The Labute approximate surface area is 172 Å². The van der Waals surface area contributed by atoms with Gasteiger partial charge in [0.15, 0.2) is 0 Å². The third kappa shape index (κ3) is 5.48. The van der Waals surface area contributed by atoms with Crippen LogP contribution in [0, 0.1) is 0 Å². The van der Waals surface area contributed by atoms with Crippen LogP contribution in [-0.2, 0) is 16.4 Å². The number of carbonyl (C=O) groups excluding carboxylic acids is 1. The predicted octanol–water partition coefficient (Wildman–Crippen LogP) is 2.71. The molecule has 0 unspecified atom stereocenters. The fourth-order valence-electron chi connectivity index (χ4n) is 2.94. The molecule has 2 aromatic carbocycles. The molecule has 29 heavy (non-hydrogen) atoms. The molecule has 0 atom stereocenters. The minimum Gasteiger partial charge on any atom is -0.497 e. The van der Waals surface area contributed by atoms with Gasteiger partial charge in [0, 0.05) is 25.2 Å². The Hall–Kier alpha value is -2.58. The first kappa shape index (κ1) is 22.7. The molecule has 0 heterocycles. The van der Waals surface area contributed by atoms with Gasteiger partial charge >= 0.3 is 0 Å². The Kier molecular flexibility index (Phi) is 8.04. The van der Waals surface area contributed by atoms with Gasteiger partial charge in [0.2, 0.25) is 10.0 Å². The highest BCUT2D eigenvalue weighted by molar-refractivity contribution is 7.89. The molecule has 0 aliphatic carbocycles. The second-order valence-corrected chi connectivity index (χ2v) is 8.22. The van der Waals surface area contributed by atoms with Gasteiger partial charge in [-0.25, -0.2) is 8.42 Å². The van der Waals surface area contributed by atoms with Gasteiger partial charge in [-0.15, -0.1) is 0 Å². The second-order valence-electron chi connectivity index (χ2n) is 6.31. The molecule has 0 bridgehead atoms. The van der Waals surface area contributed by atoms with Crippen molar-refractivity contribution in [2.75, 3.05) is 33.9 Å². The summed E-state index contributed by atoms with van der Waals surface area (Å²) in [6.07, 6.45) is 0.649. The molecular weight excluding hydrogens is 392 g/mol. The van der Waals surface area contributed by atoms with E-state index in [1.54, 1.807) is 27.0 Å². The summed E-state index contributed by atoms with van der Waals surface area (Å²) in [6, 6.07) is 12.0. The number of amides is 1. The number of nitrogens with one attached hydrogen (secondary N) is 1. The second kappa shape index (κ2) is 10.3. The van der Waals surface area contributed by atoms with Crippen LogP contribution in [0.4, 0.5) is 0 Å². The molecule has 2 rings (SSSR count). The first-order valence-electron chi connectivity index (χ1n) is 9.46. The van der Waals surface area contributed by atoms with Crippen molar-refractivity contribution in [3.05, 3.63) is 53.6 Å². The van der Waals surface area contributed by atoms with E-state index in [0.29, 0.717) is 26.1 Å². The number of ether oxygens (including phenoxy) is 2. The highest BCUT2D eigenvalue weighted by Crippen LogP contribution is 2.28. The van der Waals surface area contributed by atoms with Crippen molar-refractivity contribution in [2.24, 2.45) is 0 Å². The zero-order chi connectivity index (χ0) is 21.4. The summed E-state index contributed by atoms with van der Waals surface area (Å²) < 4.78 is 37.5. The summed E-state index contributed by atoms with van der Waals surface area (Å²) in [5.74, 6) is 0.654. The van der Waals surface area contributed by atoms with E-state index in [1.165, 1.54) is 23.5 Å². The van der Waals surface area contributed by atoms with Crippen LogP contribution in [0.15, 0.2) is 47.4 Å². The lowest BCUT2D eigenvalue weighted by molar-refractivity contribution is 0.0954. The molecule has 0 saturated heterocycles. The summed E-state index contributed by atoms with van der Waals surface area (Å²) in [4.78, 5) is 12.5. The van der Waals surface area contributed by atoms with Crippen LogP contribution in [0.3, 0.4) is 0 Å². The van der Waals surface area contributed by atoms with E-state index >= 15 is 0 Å². The number of benzene rings is 2. The molecular formula is C21H28N2O5S. The molecule has 7 nitrogen and oxygen atoms in total. The molecule has 0 aromatic heterocycles. The molecule has 8 heteroatoms. The molecule has 1 N–H and O–H groups in total. The topological polar surface area (TPSA) is 84.9 Å². The maximum Gasteiger partial charge on any atom is 0.251 e. The molecule has 0 radical (unpaired) electrons. The van der Waals surface area contributed by atoms with Gasteiger partial charge in [-0.3, -0.25) is 4.79 Å². The van der Waals surface area contributed by atoms with Gasteiger partial charge in [0.05, 0.1) is 14.2 Å². The first-order chi connectivity index (χ1) is 13.9. The Bertz CT molecular complexity index is 923. The smallest absolute Gasteiger partial charge is 0.251 e. The number of methoxy groups -OCH3 is 2. The quantitative estimate of drug-likeness (QED) is 0.639. The van der Waals surface area contributed by atoms with Crippen LogP contribution in [0.25, 0.3) is 0 Å². The zero-order valence-corrected chi connectivity index (χ0v) is 18.1. The molecule has 0 saturated carbocycles. The van der Waals surface area contributed by atoms with Crippen molar-refractivity contribution in [1.29, 1.82) is 0 Å². The van der Waals surface area contributed by atoms with Gasteiger partial charge in [0.1, 0.15) is 16.4 Å². The van der Waals surface area contributed by atoms with E-state index in [2.05, 4.69) is 5.32 Å². The normalized spacial score (nSPS) is 11.3. The number of hydrogen-bond donors (Lipinski definition) is 1. The van der Waals surface area contributed by atoms with Gasteiger partial charge in [-0.1, -0.05) is 26.0 Å². The molecule has 0 aliphatic rings. The lowest BCUT2D eigenvalue weighted by atomic mass is 10.1. The molecule has 158 valence electrons. The number of sulfonamides is 1. The standard InChI is InChI=1S/C21H28N2O5S/c1-5-23(6-2)29(25,26)20-15-17(9-12-19(20)28-4)21(24)22-14-13-16-7-10-18(27-3)11-8-16/h7-12,15H,5-6,13-14H2,1-4H3,(H,22,24). The SMILES string of the molecule is CCN(CC)S(=O)(=O)c1cc(C(=O)NCCc2ccc(OC)cc2)ccc1OC. The van der Waals surface area contributed by atoms with Crippen LogP contribution in [0.2, 0.25) is 0 Å². The minimum atomic E-state index is -3.75. The van der Waals surface area contributed by atoms with Gasteiger partial charge in [-0.2, -0.15) is 4.31 Å². The number of nitrogens with zero attached hydrogens (tertiary/aromatic N) is 1. The van der Waals surface area contributed by atoms with E-state index in [0.717, 1.165) is 11.3 Å². The first-order valence-corrected chi connectivity index (χ1v) is 10.9. The van der Waals surface area contributed by atoms with Crippen molar-refractivity contribution in [3.8, 4) is 11.5 Å². The lowest BCUT2D eigenvalue weighted by Gasteiger charge is -2.20. The Balaban J connectivity index is 2.14. The van der Waals surface area contributed by atoms with E-state index in [4.69, 9.17) is 9.47 Å². The summed E-state index contributed by atoms with van der Waals surface area (Å²) in [7, 11) is -0.736. The van der Waals surface area contributed by atoms with E-state index in [9.17, 15) is 13.2 Å². The largest absolute Gasteiger partial charge is 0.497 e. The fourth-order valence-corrected chi connectivity index (χ4v) is 4.58. The van der Waals surface area contributed by atoms with E-state index < -0.39 is 10.0 Å². The summed E-state index contributed by atoms with van der Waals surface area (Å²) in [6.45, 7) is 4.63. The van der Waals surface area contributed by atoms with Crippen molar-refractivity contribution in [3.63, 3.8) is 0 Å². The average molecular weight is 421 g/mol. The highest BCUT2D eigenvalue weighted by Gasteiger charge is 2.26. The molecule has 0 fully saturated rings. The van der Waals surface area contributed by atoms with E-state index in [-0.39, 0.29) is 22.1 Å². The van der Waals surface area contributed by atoms with Crippen LogP contribution in [0.1, 0.15) is 29.8 Å². The van der Waals surface area contributed by atoms with Crippen LogP contribution < -0.4 is 14.8 Å². The minimum absolute atomic E-state index is 0.00787. The van der Waals surface area contributed by atoms with Crippen molar-refractivity contribution < 1.29 is 22.7 Å². The van der Waals surface area contributed by atoms with Crippen LogP contribution in [-0.4, -0.2) is 52.5 Å². The number of carbonyl (C=O) groups is 1. The summed E-state index contributed by atoms with van der Waals surface area (Å²) in [5, 5.41) is 2.83. The van der Waals surface area contributed by atoms with Gasteiger partial charge < -0.3 is 14.8 Å². The molecule has 1 amide bonds. The molecule has 0 aliphatic heterocycles. The van der Waals surface area contributed by atoms with Crippen molar-refractivity contribution >= 4 is 15.9 Å². The van der Waals surface area contributed by atoms with Gasteiger partial charge in [0.25, 0.3) is 5.91 Å². The number of rotatable bonds is 10. The molecule has 0 spiro atoms. The average Bonchev–Trinajstić information content (AvgIpc) is 2.74. The Morgan fingerprint density at radius 3 is 2.21 bits per heavy atom. The highest BCUT2D eigenvalue weighted by atomic mass is 32.2. The Morgan fingerprint density at radius 1 is 1.00 bits per heavy atom. The van der Waals surface area contributed by atoms with Crippen LogP contribution in [0.5, 0.6) is 11.5 Å². The zero-order valence-electron chi connectivity index (χ0n) is 17.3. The van der Waals surface area contributed by atoms with Crippen molar-refractivity contribution in [2.45, 2.75) is 25.2 Å². The number of hydrogen-bond acceptors (Lipinski definition) is 5. The Morgan fingerprint density at radius 2 is 1.66 bits per heavy atom. The molecule has 2 aromatic rings. The summed E-state index contributed by atoms with van der Waals surface area (Å²) >= 11 is 0. The third-order valence-corrected chi connectivity index (χ3v) is 6.68. The van der Waals surface area contributed by atoms with Gasteiger partial charge in [-0.05, 0) is 42.3 Å². The predicted molar refractivity (Wildman–Crippen MR) is 112 cm³/mol.